The molecule has 1 N–H and O–H groups in total. The van der Waals surface area contributed by atoms with Gasteiger partial charge in [0.1, 0.15) is 17.2 Å². The molecule has 0 aliphatic heterocycles. The monoisotopic (exact) mass is 380 g/mol. The highest BCUT2D eigenvalue weighted by molar-refractivity contribution is 6.30. The minimum absolute atomic E-state index is 0.143. The first-order chi connectivity index (χ1) is 13.2. The van der Waals surface area contributed by atoms with E-state index in [9.17, 15) is 4.79 Å². The first-order valence-electron chi connectivity index (χ1n) is 8.22. The van der Waals surface area contributed by atoms with Crippen LogP contribution in [0.4, 0.5) is 0 Å². The summed E-state index contributed by atoms with van der Waals surface area (Å²) in [7, 11) is 0. The van der Waals surface area contributed by atoms with E-state index in [-0.39, 0.29) is 12.5 Å². The van der Waals surface area contributed by atoms with E-state index in [2.05, 4.69) is 10.5 Å². The summed E-state index contributed by atoms with van der Waals surface area (Å²) in [6, 6.07) is 23.6. The number of hydrogen-bond donors (Lipinski definition) is 1. The van der Waals surface area contributed by atoms with Crippen molar-refractivity contribution >= 4 is 23.7 Å². The molecule has 3 rings (SSSR count). The van der Waals surface area contributed by atoms with Gasteiger partial charge in [0, 0.05) is 5.02 Å². The number of nitrogens with one attached hydrogen (secondary N) is 1. The zero-order chi connectivity index (χ0) is 18.9. The maximum atomic E-state index is 11.8. The molecule has 3 aromatic rings. The minimum atomic E-state index is -0.363. The molecule has 6 heteroatoms. The predicted molar refractivity (Wildman–Crippen MR) is 106 cm³/mol. The Balaban J connectivity index is 1.49. The van der Waals surface area contributed by atoms with Gasteiger partial charge in [-0.25, -0.2) is 5.43 Å². The molecule has 0 heterocycles. The van der Waals surface area contributed by atoms with Crippen molar-refractivity contribution in [3.8, 4) is 17.2 Å². The second-order valence-corrected chi connectivity index (χ2v) is 5.96. The normalized spacial score (nSPS) is 10.6. The van der Waals surface area contributed by atoms with Crippen molar-refractivity contribution in [3.05, 3.63) is 89.4 Å². The zero-order valence-corrected chi connectivity index (χ0v) is 15.1. The lowest BCUT2D eigenvalue weighted by molar-refractivity contribution is -0.123. The average Bonchev–Trinajstić information content (AvgIpc) is 2.69. The van der Waals surface area contributed by atoms with Crippen molar-refractivity contribution in [1.82, 2.24) is 5.43 Å². The third-order valence-electron chi connectivity index (χ3n) is 3.42. The molecule has 0 atom stereocenters. The number of hydrazone groups is 1. The van der Waals surface area contributed by atoms with Gasteiger partial charge in [0.15, 0.2) is 6.61 Å². The Kier molecular flexibility index (Phi) is 6.44. The first kappa shape index (κ1) is 18.5. The van der Waals surface area contributed by atoms with E-state index in [0.29, 0.717) is 16.5 Å². The molecular weight excluding hydrogens is 364 g/mol. The maximum Gasteiger partial charge on any atom is 0.277 e. The Morgan fingerprint density at radius 2 is 1.67 bits per heavy atom. The maximum absolute atomic E-state index is 11.8. The van der Waals surface area contributed by atoms with Gasteiger partial charge >= 0.3 is 0 Å². The summed E-state index contributed by atoms with van der Waals surface area (Å²) in [5.74, 6) is 1.63. The number of benzene rings is 3. The molecule has 5 nitrogen and oxygen atoms in total. The summed E-state index contributed by atoms with van der Waals surface area (Å²) in [6.07, 6.45) is 1.54. The van der Waals surface area contributed by atoms with E-state index in [1.165, 1.54) is 6.21 Å². The van der Waals surface area contributed by atoms with Crippen LogP contribution in [0.15, 0.2) is 84.0 Å². The number of nitrogens with zero attached hydrogens (tertiary/aromatic N) is 1. The smallest absolute Gasteiger partial charge is 0.277 e. The molecule has 0 aromatic heterocycles. The second-order valence-electron chi connectivity index (χ2n) is 5.52. The fourth-order valence-corrected chi connectivity index (χ4v) is 2.30. The molecule has 3 aromatic carbocycles. The Morgan fingerprint density at radius 3 is 2.44 bits per heavy atom. The average molecular weight is 381 g/mol. The zero-order valence-electron chi connectivity index (χ0n) is 14.3. The van der Waals surface area contributed by atoms with Crippen LogP contribution >= 0.6 is 11.6 Å². The standard InChI is InChI=1S/C21H17ClN2O3/c22-17-9-11-18(12-10-17)26-15-21(25)24-23-14-16-5-4-8-20(13-16)27-19-6-2-1-3-7-19/h1-14H,15H2,(H,24,25)/b23-14-. The van der Waals surface area contributed by atoms with Crippen LogP contribution in [-0.4, -0.2) is 18.7 Å². The molecule has 27 heavy (non-hydrogen) atoms. The molecule has 0 fully saturated rings. The summed E-state index contributed by atoms with van der Waals surface area (Å²) >= 11 is 5.79. The lowest BCUT2D eigenvalue weighted by Crippen LogP contribution is -2.24. The van der Waals surface area contributed by atoms with Crippen molar-refractivity contribution in [2.24, 2.45) is 5.10 Å². The molecule has 0 saturated heterocycles. The van der Waals surface area contributed by atoms with Crippen LogP contribution in [0.25, 0.3) is 0 Å². The molecule has 0 bridgehead atoms. The van der Waals surface area contributed by atoms with Crippen LogP contribution in [0.3, 0.4) is 0 Å². The number of halogens is 1. The summed E-state index contributed by atoms with van der Waals surface area (Å²) < 4.78 is 11.1. The fraction of sp³-hybridized carbons (Fsp3) is 0.0476. The van der Waals surface area contributed by atoms with E-state index in [4.69, 9.17) is 21.1 Å². The first-order valence-corrected chi connectivity index (χ1v) is 8.60. The van der Waals surface area contributed by atoms with Crippen LogP contribution in [-0.2, 0) is 4.79 Å². The van der Waals surface area contributed by atoms with Crippen LogP contribution in [0.2, 0.25) is 5.02 Å². The van der Waals surface area contributed by atoms with Gasteiger partial charge in [-0.2, -0.15) is 5.10 Å². The molecule has 1 amide bonds. The van der Waals surface area contributed by atoms with E-state index in [1.54, 1.807) is 24.3 Å². The van der Waals surface area contributed by atoms with Gasteiger partial charge in [0.05, 0.1) is 6.21 Å². The molecule has 136 valence electrons. The van der Waals surface area contributed by atoms with Crippen molar-refractivity contribution in [1.29, 1.82) is 0 Å². The molecule has 0 aliphatic carbocycles. The van der Waals surface area contributed by atoms with E-state index < -0.39 is 0 Å². The van der Waals surface area contributed by atoms with Gasteiger partial charge < -0.3 is 9.47 Å². The van der Waals surface area contributed by atoms with Crippen molar-refractivity contribution in [2.75, 3.05) is 6.61 Å². The highest BCUT2D eigenvalue weighted by Crippen LogP contribution is 2.21. The highest BCUT2D eigenvalue weighted by Gasteiger charge is 2.02. The van der Waals surface area contributed by atoms with Crippen LogP contribution in [0.1, 0.15) is 5.56 Å². The predicted octanol–water partition coefficient (Wildman–Crippen LogP) is 4.66. The van der Waals surface area contributed by atoms with Crippen LogP contribution in [0.5, 0.6) is 17.2 Å². The SMILES string of the molecule is O=C(COc1ccc(Cl)cc1)N/N=C\c1cccc(Oc2ccccc2)c1. The molecular formula is C21H17ClN2O3. The van der Waals surface area contributed by atoms with Gasteiger partial charge in [0.2, 0.25) is 0 Å². The van der Waals surface area contributed by atoms with Gasteiger partial charge in [-0.15, -0.1) is 0 Å². The summed E-state index contributed by atoms with van der Waals surface area (Å²) in [5, 5.41) is 4.54. The number of hydrogen-bond acceptors (Lipinski definition) is 4. The molecule has 0 aliphatic rings. The number of ether oxygens (including phenoxy) is 2. The van der Waals surface area contributed by atoms with Crippen molar-refractivity contribution < 1.29 is 14.3 Å². The van der Waals surface area contributed by atoms with Crippen molar-refractivity contribution in [3.63, 3.8) is 0 Å². The van der Waals surface area contributed by atoms with Crippen molar-refractivity contribution in [2.45, 2.75) is 0 Å². The number of para-hydroxylation sites is 1. The summed E-state index contributed by atoms with van der Waals surface area (Å²) in [5.41, 5.74) is 3.21. The molecule has 0 unspecified atom stereocenters. The van der Waals surface area contributed by atoms with E-state index in [0.717, 1.165) is 11.3 Å². The summed E-state index contributed by atoms with van der Waals surface area (Å²) in [6.45, 7) is -0.143. The Morgan fingerprint density at radius 1 is 0.926 bits per heavy atom. The number of carbonyl (C=O) groups excluding carboxylic acids is 1. The fourth-order valence-electron chi connectivity index (χ4n) is 2.17. The Bertz CT molecular complexity index is 912. The highest BCUT2D eigenvalue weighted by atomic mass is 35.5. The topological polar surface area (TPSA) is 59.9 Å². The molecule has 0 radical (unpaired) electrons. The van der Waals surface area contributed by atoms with Gasteiger partial charge in [-0.05, 0) is 54.1 Å². The quantitative estimate of drug-likeness (QED) is 0.479. The number of carbonyl (C=O) groups is 1. The van der Waals surface area contributed by atoms with E-state index >= 15 is 0 Å². The van der Waals surface area contributed by atoms with E-state index in [1.807, 2.05) is 54.6 Å². The number of rotatable bonds is 7. The van der Waals surface area contributed by atoms with Crippen LogP contribution in [0, 0.1) is 0 Å². The Labute approximate surface area is 162 Å². The molecule has 0 spiro atoms. The number of amides is 1. The summed E-state index contributed by atoms with van der Waals surface area (Å²) in [4.78, 5) is 11.8. The minimum Gasteiger partial charge on any atom is -0.484 e. The second kappa shape index (κ2) is 9.40. The van der Waals surface area contributed by atoms with Crippen LogP contribution < -0.4 is 14.9 Å². The van der Waals surface area contributed by atoms with Gasteiger partial charge in [-0.3, -0.25) is 4.79 Å². The van der Waals surface area contributed by atoms with Gasteiger partial charge in [0.25, 0.3) is 5.91 Å². The third-order valence-corrected chi connectivity index (χ3v) is 3.68. The lowest BCUT2D eigenvalue weighted by atomic mass is 10.2. The largest absolute Gasteiger partial charge is 0.484 e. The third kappa shape index (κ3) is 6.17. The van der Waals surface area contributed by atoms with Gasteiger partial charge in [-0.1, -0.05) is 41.9 Å². The molecule has 0 saturated carbocycles. The Hall–Kier alpha value is -3.31. The lowest BCUT2D eigenvalue weighted by Gasteiger charge is -2.06.